The summed E-state index contributed by atoms with van der Waals surface area (Å²) in [5.41, 5.74) is 0. The van der Waals surface area contributed by atoms with Gasteiger partial charge in [-0.2, -0.15) is 0 Å². The lowest BCUT2D eigenvalue weighted by atomic mass is 9.73. The summed E-state index contributed by atoms with van der Waals surface area (Å²) in [6.07, 6.45) is 23.7. The van der Waals surface area contributed by atoms with E-state index in [-0.39, 0.29) is 36.4 Å². The maximum Gasteiger partial charge on any atom is 0.310 e. The van der Waals surface area contributed by atoms with Gasteiger partial charge < -0.3 is 14.2 Å². The fraction of sp³-hybridized carbons (Fsp3) is 0.872. The molecule has 43 heavy (non-hydrogen) atoms. The normalized spacial score (nSPS) is 34.0. The van der Waals surface area contributed by atoms with Crippen molar-refractivity contribution < 1.29 is 19.0 Å². The molecule has 4 fully saturated rings. The largest absolute Gasteiger partial charge is 0.463 e. The highest BCUT2D eigenvalue weighted by atomic mass is 16.7. The third-order valence-electron chi connectivity index (χ3n) is 10.7. The molecule has 0 aromatic rings. The maximum absolute atomic E-state index is 13.5. The molecule has 1 heterocycles. The molecule has 1 aliphatic heterocycles. The molecule has 0 N–H and O–H groups in total. The molecule has 4 heteroatoms. The lowest BCUT2D eigenvalue weighted by Gasteiger charge is -2.31. The smallest absolute Gasteiger partial charge is 0.310 e. The molecule has 242 valence electrons. The Hall–Kier alpha value is -1.49. The van der Waals surface area contributed by atoms with Crippen LogP contribution in [0.1, 0.15) is 150 Å². The van der Waals surface area contributed by atoms with E-state index < -0.39 is 5.79 Å². The zero-order chi connectivity index (χ0) is 30.5. The minimum Gasteiger partial charge on any atom is -0.463 e. The van der Waals surface area contributed by atoms with E-state index in [2.05, 4.69) is 37.5 Å². The van der Waals surface area contributed by atoms with E-state index in [1.165, 1.54) is 103 Å². The first-order valence-corrected chi connectivity index (χ1v) is 18.4. The van der Waals surface area contributed by atoms with Crippen LogP contribution >= 0.6 is 0 Å². The Morgan fingerprint density at radius 3 is 1.79 bits per heavy atom. The lowest BCUT2D eigenvalue weighted by Crippen LogP contribution is -2.34. The highest BCUT2D eigenvalue weighted by Gasteiger charge is 2.38. The first-order valence-electron chi connectivity index (χ1n) is 18.4. The number of unbranched alkanes of at least 4 members (excludes halogenated alkanes) is 4. The number of rotatable bonds is 11. The number of carbonyl (C=O) groups is 1. The van der Waals surface area contributed by atoms with Crippen LogP contribution in [0.2, 0.25) is 0 Å². The molecule has 4 atom stereocenters. The first kappa shape index (κ1) is 34.4. The van der Waals surface area contributed by atoms with Crippen molar-refractivity contribution in [2.24, 2.45) is 41.4 Å². The van der Waals surface area contributed by atoms with Crippen molar-refractivity contribution in [2.45, 2.75) is 162 Å². The predicted molar refractivity (Wildman–Crippen MR) is 175 cm³/mol. The van der Waals surface area contributed by atoms with E-state index in [1.807, 2.05) is 13.8 Å². The van der Waals surface area contributed by atoms with Gasteiger partial charge in [0.25, 0.3) is 0 Å². The number of hydrogen-bond acceptors (Lipinski definition) is 4. The highest BCUT2D eigenvalue weighted by Crippen LogP contribution is 2.37. The van der Waals surface area contributed by atoms with Gasteiger partial charge in [-0.1, -0.05) is 88.9 Å². The van der Waals surface area contributed by atoms with Gasteiger partial charge in [0.15, 0.2) is 5.79 Å². The third kappa shape index (κ3) is 11.7. The van der Waals surface area contributed by atoms with E-state index in [4.69, 9.17) is 14.2 Å². The molecule has 4 aliphatic rings. The average molecular weight is 595 g/mol. The van der Waals surface area contributed by atoms with Crippen LogP contribution in [0.25, 0.3) is 0 Å². The van der Waals surface area contributed by atoms with E-state index in [0.29, 0.717) is 18.4 Å². The topological polar surface area (TPSA) is 44.8 Å². The van der Waals surface area contributed by atoms with Crippen molar-refractivity contribution in [1.29, 1.82) is 0 Å². The summed E-state index contributed by atoms with van der Waals surface area (Å²) >= 11 is 0. The van der Waals surface area contributed by atoms with Crippen LogP contribution in [-0.4, -0.2) is 31.1 Å². The average Bonchev–Trinajstić information content (AvgIpc) is 3.37. The monoisotopic (exact) mass is 594 g/mol. The van der Waals surface area contributed by atoms with E-state index >= 15 is 0 Å². The Labute approximate surface area is 264 Å². The van der Waals surface area contributed by atoms with Gasteiger partial charge in [-0.3, -0.25) is 4.79 Å². The molecular formula is C39H62O4. The van der Waals surface area contributed by atoms with Crippen LogP contribution in [0.3, 0.4) is 0 Å². The van der Waals surface area contributed by atoms with Gasteiger partial charge in [0.05, 0.1) is 12.5 Å². The maximum atomic E-state index is 13.5. The van der Waals surface area contributed by atoms with Crippen molar-refractivity contribution in [3.63, 3.8) is 0 Å². The second-order valence-corrected chi connectivity index (χ2v) is 14.8. The molecule has 4 nitrogen and oxygen atoms in total. The standard InChI is InChI=1S/C39H62O4/c1-5-7-9-11-30-13-17-32(18-14-30)21-22-34-24-26-35(25-23-33-19-15-31(16-20-33)12-10-8-6-2)37(27-34)38(40)41-28-36-29-42-39(3,4)43-36/h30-37H,5-20,24,26-29H2,1-4H3. The van der Waals surface area contributed by atoms with E-state index in [9.17, 15) is 4.79 Å². The molecule has 4 unspecified atom stereocenters. The Kier molecular flexibility index (Phi) is 14.3. The number of ether oxygens (including phenoxy) is 3. The van der Waals surface area contributed by atoms with Crippen LogP contribution in [0.4, 0.5) is 0 Å². The Balaban J connectivity index is 1.31. The highest BCUT2D eigenvalue weighted by molar-refractivity contribution is 5.73. The minimum atomic E-state index is -0.611. The van der Waals surface area contributed by atoms with Crippen molar-refractivity contribution in [3.05, 3.63) is 0 Å². The summed E-state index contributed by atoms with van der Waals surface area (Å²) in [6.45, 7) is 9.10. The van der Waals surface area contributed by atoms with Crippen LogP contribution in [-0.2, 0) is 19.0 Å². The van der Waals surface area contributed by atoms with Gasteiger partial charge in [0.1, 0.15) is 12.7 Å². The number of carbonyl (C=O) groups excluding carboxylic acids is 1. The molecule has 0 spiro atoms. The van der Waals surface area contributed by atoms with Crippen molar-refractivity contribution in [2.75, 3.05) is 13.2 Å². The first-order chi connectivity index (χ1) is 20.8. The van der Waals surface area contributed by atoms with Crippen molar-refractivity contribution in [1.82, 2.24) is 0 Å². The molecule has 4 rings (SSSR count). The third-order valence-corrected chi connectivity index (χ3v) is 10.7. The number of esters is 1. The molecule has 0 aromatic heterocycles. The Morgan fingerprint density at radius 1 is 0.721 bits per heavy atom. The summed E-state index contributed by atoms with van der Waals surface area (Å²) in [6, 6.07) is 0. The summed E-state index contributed by atoms with van der Waals surface area (Å²) in [4.78, 5) is 13.5. The predicted octanol–water partition coefficient (Wildman–Crippen LogP) is 9.49. The summed E-state index contributed by atoms with van der Waals surface area (Å²) in [5.74, 6) is 16.8. The van der Waals surface area contributed by atoms with E-state index in [0.717, 1.165) is 31.1 Å². The van der Waals surface area contributed by atoms with Crippen LogP contribution < -0.4 is 0 Å². The minimum absolute atomic E-state index is 0.0728. The van der Waals surface area contributed by atoms with Gasteiger partial charge in [-0.05, 0) is 96.3 Å². The second kappa shape index (κ2) is 17.9. The molecule has 0 amide bonds. The van der Waals surface area contributed by atoms with Gasteiger partial charge in [-0.15, -0.1) is 0 Å². The number of hydrogen-bond donors (Lipinski definition) is 0. The van der Waals surface area contributed by atoms with E-state index in [1.54, 1.807) is 0 Å². The van der Waals surface area contributed by atoms with Gasteiger partial charge in [0, 0.05) is 23.7 Å². The SMILES string of the molecule is CCCCCC1CCC(C#CC2CCC(C#CC3CCC(CCCCC)CC3)C(C(=O)OCC3COC(C)(C)O3)C2)CC1. The van der Waals surface area contributed by atoms with Gasteiger partial charge >= 0.3 is 5.97 Å². The summed E-state index contributed by atoms with van der Waals surface area (Å²) in [7, 11) is 0. The Bertz CT molecular complexity index is 947. The quantitative estimate of drug-likeness (QED) is 0.136. The fourth-order valence-electron chi connectivity index (χ4n) is 7.88. The van der Waals surface area contributed by atoms with Crippen LogP contribution in [0.15, 0.2) is 0 Å². The zero-order valence-electron chi connectivity index (χ0n) is 28.1. The molecule has 0 aromatic carbocycles. The molecule has 1 saturated heterocycles. The Morgan fingerprint density at radius 2 is 1.26 bits per heavy atom. The molecular weight excluding hydrogens is 532 g/mol. The molecule has 3 saturated carbocycles. The van der Waals surface area contributed by atoms with Crippen LogP contribution in [0, 0.1) is 65.1 Å². The molecule has 0 radical (unpaired) electrons. The lowest BCUT2D eigenvalue weighted by molar-refractivity contribution is -0.163. The molecule has 3 aliphatic carbocycles. The second-order valence-electron chi connectivity index (χ2n) is 14.8. The fourth-order valence-corrected chi connectivity index (χ4v) is 7.88. The molecule has 0 bridgehead atoms. The summed E-state index contributed by atoms with van der Waals surface area (Å²) in [5, 5.41) is 0. The van der Waals surface area contributed by atoms with Crippen LogP contribution in [0.5, 0.6) is 0 Å². The van der Waals surface area contributed by atoms with Gasteiger partial charge in [0.2, 0.25) is 0 Å². The summed E-state index contributed by atoms with van der Waals surface area (Å²) < 4.78 is 17.4. The van der Waals surface area contributed by atoms with Crippen molar-refractivity contribution in [3.8, 4) is 23.7 Å². The van der Waals surface area contributed by atoms with Gasteiger partial charge in [-0.25, -0.2) is 0 Å². The van der Waals surface area contributed by atoms with Crippen molar-refractivity contribution >= 4 is 5.97 Å². The zero-order valence-corrected chi connectivity index (χ0v) is 28.1.